The lowest BCUT2D eigenvalue weighted by Crippen LogP contribution is -2.30. The first-order chi connectivity index (χ1) is 49.2. The molecule has 0 aliphatic carbocycles. The molecular formula is C83H158O17P2. The molecule has 102 heavy (non-hydrogen) atoms. The van der Waals surface area contributed by atoms with Gasteiger partial charge in [0.25, 0.3) is 0 Å². The van der Waals surface area contributed by atoms with Crippen molar-refractivity contribution in [2.75, 3.05) is 39.6 Å². The first-order valence-corrected chi connectivity index (χ1v) is 45.2. The van der Waals surface area contributed by atoms with E-state index in [0.717, 1.165) is 127 Å². The Morgan fingerprint density at radius 3 is 0.794 bits per heavy atom. The summed E-state index contributed by atoms with van der Waals surface area (Å²) in [4.78, 5) is 73.0. The summed E-state index contributed by atoms with van der Waals surface area (Å²) in [7, 11) is -9.93. The van der Waals surface area contributed by atoms with Crippen LogP contribution in [0.5, 0.6) is 0 Å². The lowest BCUT2D eigenvalue weighted by molar-refractivity contribution is -0.161. The smallest absolute Gasteiger partial charge is 0.462 e. The molecule has 0 amide bonds. The average molecular weight is 1490 g/mol. The first-order valence-electron chi connectivity index (χ1n) is 42.2. The van der Waals surface area contributed by atoms with Crippen LogP contribution in [0.3, 0.4) is 0 Å². The zero-order valence-corrected chi connectivity index (χ0v) is 68.4. The fraction of sp³-hybridized carbons (Fsp3) is 0.904. The second-order valence-electron chi connectivity index (χ2n) is 30.6. The minimum atomic E-state index is -4.97. The highest BCUT2D eigenvalue weighted by Crippen LogP contribution is 2.45. The number of hydrogen-bond donors (Lipinski definition) is 3. The number of allylic oxidation sites excluding steroid dienone is 4. The predicted molar refractivity (Wildman–Crippen MR) is 418 cm³/mol. The highest BCUT2D eigenvalue weighted by molar-refractivity contribution is 7.47. The Morgan fingerprint density at radius 1 is 0.304 bits per heavy atom. The van der Waals surface area contributed by atoms with E-state index in [9.17, 15) is 43.2 Å². The molecule has 0 rings (SSSR count). The van der Waals surface area contributed by atoms with Gasteiger partial charge in [0.2, 0.25) is 0 Å². The molecule has 0 aliphatic heterocycles. The van der Waals surface area contributed by atoms with Crippen LogP contribution in [0.1, 0.15) is 408 Å². The van der Waals surface area contributed by atoms with E-state index in [-0.39, 0.29) is 25.7 Å². The molecule has 3 unspecified atom stereocenters. The van der Waals surface area contributed by atoms with Crippen molar-refractivity contribution in [3.63, 3.8) is 0 Å². The number of rotatable bonds is 79. The van der Waals surface area contributed by atoms with Crippen LogP contribution >= 0.6 is 15.6 Å². The number of aliphatic hydroxyl groups is 1. The molecule has 0 radical (unpaired) electrons. The largest absolute Gasteiger partial charge is 0.472 e. The maximum absolute atomic E-state index is 13.1. The van der Waals surface area contributed by atoms with Gasteiger partial charge >= 0.3 is 39.5 Å². The molecule has 0 saturated carbocycles. The van der Waals surface area contributed by atoms with E-state index in [4.69, 9.17) is 37.0 Å². The lowest BCUT2D eigenvalue weighted by Gasteiger charge is -2.21. The van der Waals surface area contributed by atoms with Gasteiger partial charge in [0.05, 0.1) is 26.4 Å². The molecule has 3 N–H and O–H groups in total. The molecule has 19 heteroatoms. The van der Waals surface area contributed by atoms with Crippen molar-refractivity contribution < 1.29 is 80.2 Å². The number of ether oxygens (including phenoxy) is 4. The molecule has 0 aromatic heterocycles. The van der Waals surface area contributed by atoms with E-state index >= 15 is 0 Å². The third-order valence-corrected chi connectivity index (χ3v) is 20.7. The van der Waals surface area contributed by atoms with Gasteiger partial charge in [-0.05, 0) is 69.1 Å². The maximum atomic E-state index is 13.1. The molecule has 0 aromatic rings. The molecule has 0 fully saturated rings. The molecule has 5 atom stereocenters. The summed E-state index contributed by atoms with van der Waals surface area (Å²) in [6.45, 7) is 11.9. The van der Waals surface area contributed by atoms with Gasteiger partial charge in [0.1, 0.15) is 19.3 Å². The monoisotopic (exact) mass is 1490 g/mol. The summed E-state index contributed by atoms with van der Waals surface area (Å²) < 4.78 is 68.7. The fourth-order valence-electron chi connectivity index (χ4n) is 12.3. The SMILES string of the molecule is CCCCCC/C=C\C=C/CCCCCCCC(=O)OC[C@H](COP(=O)(O)OCC(O)COP(=O)(O)OC[C@@H](COC(=O)CCCCCCCCCC(C)C)OC(=O)CCCCCCCCCCCCCCCC(C)C)OC(=O)CCCCCCCCCCCCCCCCCCCCC(C)C. The number of phosphoric acid groups is 2. The van der Waals surface area contributed by atoms with Crippen LogP contribution in [0.2, 0.25) is 0 Å². The molecule has 17 nitrogen and oxygen atoms in total. The Kier molecular flexibility index (Phi) is 71.0. The highest BCUT2D eigenvalue weighted by Gasteiger charge is 2.30. The van der Waals surface area contributed by atoms with Gasteiger partial charge in [0, 0.05) is 25.7 Å². The van der Waals surface area contributed by atoms with Gasteiger partial charge in [-0.1, -0.05) is 355 Å². The van der Waals surface area contributed by atoms with Gasteiger partial charge in [-0.25, -0.2) is 9.13 Å². The Hall–Kier alpha value is -2.46. The van der Waals surface area contributed by atoms with Crippen molar-refractivity contribution in [3.05, 3.63) is 24.3 Å². The van der Waals surface area contributed by atoms with E-state index in [1.807, 2.05) is 0 Å². The highest BCUT2D eigenvalue weighted by atomic mass is 31.2. The summed E-state index contributed by atoms with van der Waals surface area (Å²) in [5.74, 6) is 0.167. The third-order valence-electron chi connectivity index (χ3n) is 18.8. The van der Waals surface area contributed by atoms with Gasteiger partial charge < -0.3 is 33.8 Å². The first kappa shape index (κ1) is 99.5. The normalized spacial score (nSPS) is 14.1. The molecule has 0 heterocycles. The van der Waals surface area contributed by atoms with Crippen molar-refractivity contribution in [1.29, 1.82) is 0 Å². The van der Waals surface area contributed by atoms with Crippen LogP contribution in [-0.4, -0.2) is 96.7 Å². The van der Waals surface area contributed by atoms with Gasteiger partial charge in [-0.2, -0.15) is 0 Å². The minimum absolute atomic E-state index is 0.101. The van der Waals surface area contributed by atoms with Crippen LogP contribution in [-0.2, 0) is 65.4 Å². The molecule has 0 bridgehead atoms. The zero-order valence-electron chi connectivity index (χ0n) is 66.6. The summed E-state index contributed by atoms with van der Waals surface area (Å²) in [6, 6.07) is 0. The number of phosphoric ester groups is 2. The number of unbranched alkanes of at least 4 members (excludes halogenated alkanes) is 44. The lowest BCUT2D eigenvalue weighted by atomic mass is 10.0. The van der Waals surface area contributed by atoms with E-state index < -0.39 is 97.5 Å². The van der Waals surface area contributed by atoms with Crippen LogP contribution in [0.25, 0.3) is 0 Å². The van der Waals surface area contributed by atoms with E-state index in [2.05, 4.69) is 72.8 Å². The van der Waals surface area contributed by atoms with Crippen LogP contribution < -0.4 is 0 Å². The van der Waals surface area contributed by atoms with Gasteiger partial charge in [-0.15, -0.1) is 0 Å². The second kappa shape index (κ2) is 72.7. The van der Waals surface area contributed by atoms with Crippen LogP contribution in [0.15, 0.2) is 24.3 Å². The zero-order chi connectivity index (χ0) is 75.1. The number of carbonyl (C=O) groups excluding carboxylic acids is 4. The third kappa shape index (κ3) is 75.8. The van der Waals surface area contributed by atoms with Gasteiger partial charge in [0.15, 0.2) is 12.2 Å². The maximum Gasteiger partial charge on any atom is 0.472 e. The van der Waals surface area contributed by atoms with Crippen LogP contribution in [0.4, 0.5) is 0 Å². The number of hydrogen-bond acceptors (Lipinski definition) is 15. The topological polar surface area (TPSA) is 237 Å². The molecule has 0 spiro atoms. The quantitative estimate of drug-likeness (QED) is 0.0169. The number of carbonyl (C=O) groups is 4. The number of esters is 4. The van der Waals surface area contributed by atoms with Crippen molar-refractivity contribution >= 4 is 39.5 Å². The van der Waals surface area contributed by atoms with Crippen molar-refractivity contribution in [3.8, 4) is 0 Å². The summed E-state index contributed by atoms with van der Waals surface area (Å²) in [5.41, 5.74) is 0. The Balaban J connectivity index is 5.26. The van der Waals surface area contributed by atoms with Crippen molar-refractivity contribution in [2.45, 2.75) is 426 Å². The van der Waals surface area contributed by atoms with Crippen molar-refractivity contribution in [2.24, 2.45) is 17.8 Å². The van der Waals surface area contributed by atoms with Crippen LogP contribution in [0, 0.1) is 17.8 Å². The Labute approximate surface area is 624 Å². The summed E-state index contributed by atoms with van der Waals surface area (Å²) in [5, 5.41) is 10.6. The molecule has 0 aliphatic rings. The molecule has 602 valence electrons. The van der Waals surface area contributed by atoms with E-state index in [0.29, 0.717) is 31.6 Å². The van der Waals surface area contributed by atoms with Crippen molar-refractivity contribution in [1.82, 2.24) is 0 Å². The molecule has 0 aromatic carbocycles. The second-order valence-corrected chi connectivity index (χ2v) is 33.5. The molecule has 0 saturated heterocycles. The van der Waals surface area contributed by atoms with E-state index in [1.165, 1.54) is 193 Å². The summed E-state index contributed by atoms with van der Waals surface area (Å²) >= 11 is 0. The van der Waals surface area contributed by atoms with Gasteiger partial charge in [-0.3, -0.25) is 37.3 Å². The predicted octanol–water partition coefficient (Wildman–Crippen LogP) is 24.5. The Morgan fingerprint density at radius 2 is 0.529 bits per heavy atom. The Bertz CT molecular complexity index is 2070. The molecular weight excluding hydrogens is 1330 g/mol. The number of aliphatic hydroxyl groups excluding tert-OH is 1. The fourth-order valence-corrected chi connectivity index (χ4v) is 13.9. The summed E-state index contributed by atoms with van der Waals surface area (Å²) in [6.07, 6.45) is 64.8. The van der Waals surface area contributed by atoms with E-state index in [1.54, 1.807) is 0 Å². The standard InChI is InChI=1S/C83H158O17P2/c1-8-9-10-11-12-13-14-15-20-26-31-36-43-50-57-64-80(85)93-70-78(99-82(87)66-59-52-44-37-32-27-22-19-17-16-18-21-24-29-34-40-47-54-61-74(2)3)72-97-101(89,90)95-68-77(84)69-96-102(91,92)98-73-79(71-94-81(86)65-58-51-46-39-42-49-56-63-76(6)7)100-83(88)67-60-53-45-38-33-28-23-25-30-35-41-48-55-62-75(4)5/h13-15,20,74-79,84H,8-12,16-19,21-73H2,1-7H3,(H,89,90)(H,91,92)/b14-13-,20-15-/t77?,78-,79-/m1/s1. The minimum Gasteiger partial charge on any atom is -0.462 e. The average Bonchev–Trinajstić information content (AvgIpc) is 0.960.